The predicted molar refractivity (Wildman–Crippen MR) is 68.6 cm³/mol. The fourth-order valence-electron chi connectivity index (χ4n) is 2.57. The van der Waals surface area contributed by atoms with E-state index in [9.17, 15) is 35.7 Å². The molecule has 10 atom stereocenters. The molecule has 2 aliphatic rings. The van der Waals surface area contributed by atoms with E-state index >= 15 is 0 Å². The van der Waals surface area contributed by atoms with E-state index in [4.69, 9.17) is 19.3 Å². The maximum absolute atomic E-state index is 9.94. The second-order valence-electron chi connectivity index (χ2n) is 5.53. The summed E-state index contributed by atoms with van der Waals surface area (Å²) < 4.78 is 15.3. The Morgan fingerprint density at radius 1 is 0.652 bits per heavy atom. The first-order chi connectivity index (χ1) is 10.8. The van der Waals surface area contributed by atoms with Gasteiger partial charge in [-0.3, -0.25) is 0 Å². The summed E-state index contributed by atoms with van der Waals surface area (Å²) in [5, 5.41) is 76.5. The topological polar surface area (TPSA) is 190 Å². The molecule has 0 aromatic heterocycles. The summed E-state index contributed by atoms with van der Waals surface area (Å²) in [6.07, 6.45) is -15.6. The molecule has 0 aliphatic carbocycles. The van der Waals surface area contributed by atoms with Crippen molar-refractivity contribution in [1.82, 2.24) is 0 Å². The van der Waals surface area contributed by atoms with Crippen LogP contribution in [0.25, 0.3) is 0 Å². The minimum atomic E-state index is -1.74. The molecule has 2 fully saturated rings. The van der Waals surface area contributed by atoms with Gasteiger partial charge in [0.05, 0.1) is 13.2 Å². The molecule has 2 rings (SSSR count). The lowest BCUT2D eigenvalue weighted by molar-refractivity contribution is -0.355. The van der Waals surface area contributed by atoms with Crippen molar-refractivity contribution in [3.05, 3.63) is 0 Å². The summed E-state index contributed by atoms with van der Waals surface area (Å²) in [6, 6.07) is 0. The molecule has 2 heterocycles. The van der Waals surface area contributed by atoms with E-state index in [1.54, 1.807) is 0 Å². The number of ether oxygens (including phenoxy) is 3. The highest BCUT2D eigenvalue weighted by molar-refractivity contribution is 4.93. The maximum Gasteiger partial charge on any atom is 0.187 e. The number of rotatable bonds is 4. The Bertz CT molecular complexity index is 378. The molecule has 136 valence electrons. The fourth-order valence-corrected chi connectivity index (χ4v) is 2.57. The van der Waals surface area contributed by atoms with E-state index in [0.29, 0.717) is 0 Å². The van der Waals surface area contributed by atoms with Crippen LogP contribution in [-0.4, -0.2) is 115 Å². The molecule has 11 heteroatoms. The number of hydrogen-bond acceptors (Lipinski definition) is 11. The normalized spacial score (nSPS) is 51.7. The minimum absolute atomic E-state index is 0.667. The second kappa shape index (κ2) is 7.63. The van der Waals surface area contributed by atoms with Gasteiger partial charge in [-0.05, 0) is 0 Å². The van der Waals surface area contributed by atoms with E-state index in [-0.39, 0.29) is 0 Å². The van der Waals surface area contributed by atoms with Crippen molar-refractivity contribution in [3.63, 3.8) is 0 Å². The predicted octanol–water partition coefficient (Wildman–Crippen LogP) is -5.40. The zero-order valence-electron chi connectivity index (χ0n) is 12.0. The lowest BCUT2D eigenvalue weighted by atomic mass is 9.97. The molecule has 11 nitrogen and oxygen atoms in total. The first kappa shape index (κ1) is 18.9. The second-order valence-corrected chi connectivity index (χ2v) is 5.53. The Labute approximate surface area is 130 Å². The van der Waals surface area contributed by atoms with Gasteiger partial charge in [-0.25, -0.2) is 0 Å². The summed E-state index contributed by atoms with van der Waals surface area (Å²) >= 11 is 0. The van der Waals surface area contributed by atoms with Crippen molar-refractivity contribution in [1.29, 1.82) is 0 Å². The summed E-state index contributed by atoms with van der Waals surface area (Å²) in [7, 11) is 0. The molecule has 0 radical (unpaired) electrons. The standard InChI is InChI=1S/C12H22O11/c13-1-3-5(15)6(16)9(19)12(22-3)23-10-4(2-14)21-11(20)8(18)7(10)17/h3-20H,1-2H2/t3?,4-,5-,6?,7?,8?,9-,10+,11+,12-/m0/s1. The van der Waals surface area contributed by atoms with Gasteiger partial charge in [0.25, 0.3) is 0 Å². The molecular formula is C12H22O11. The van der Waals surface area contributed by atoms with Gasteiger partial charge in [0.2, 0.25) is 0 Å². The molecule has 0 bridgehead atoms. The van der Waals surface area contributed by atoms with Crippen LogP contribution in [0.3, 0.4) is 0 Å². The van der Waals surface area contributed by atoms with Crippen molar-refractivity contribution in [2.75, 3.05) is 13.2 Å². The Kier molecular flexibility index (Phi) is 6.27. The van der Waals surface area contributed by atoms with Crippen LogP contribution in [0.2, 0.25) is 0 Å². The number of aliphatic hydroxyl groups excluding tert-OH is 8. The van der Waals surface area contributed by atoms with E-state index in [0.717, 1.165) is 0 Å². The first-order valence-electron chi connectivity index (χ1n) is 7.08. The largest absolute Gasteiger partial charge is 0.394 e. The van der Waals surface area contributed by atoms with Gasteiger partial charge in [0, 0.05) is 0 Å². The molecule has 0 spiro atoms. The summed E-state index contributed by atoms with van der Waals surface area (Å²) in [5.41, 5.74) is 0. The zero-order valence-corrected chi connectivity index (χ0v) is 12.0. The van der Waals surface area contributed by atoms with Crippen molar-refractivity contribution < 1.29 is 55.1 Å². The van der Waals surface area contributed by atoms with Crippen LogP contribution in [0, 0.1) is 0 Å². The van der Waals surface area contributed by atoms with Crippen molar-refractivity contribution >= 4 is 0 Å². The third kappa shape index (κ3) is 3.65. The quantitative estimate of drug-likeness (QED) is 0.243. The molecule has 0 saturated carbocycles. The SMILES string of the molecule is OCC1O[C@@H](O[C@H]2C(O)C(O)[C@H](O)O[C@H]2CO)[C@@H](O)C(O)[C@H]1O. The van der Waals surface area contributed by atoms with Crippen molar-refractivity contribution in [2.24, 2.45) is 0 Å². The third-order valence-electron chi connectivity index (χ3n) is 3.98. The van der Waals surface area contributed by atoms with Crippen LogP contribution in [0.4, 0.5) is 0 Å². The molecule has 8 N–H and O–H groups in total. The summed E-state index contributed by atoms with van der Waals surface area (Å²) in [5.74, 6) is 0. The van der Waals surface area contributed by atoms with Gasteiger partial charge in [-0.2, -0.15) is 0 Å². The number of hydrogen-bond donors (Lipinski definition) is 8. The molecule has 4 unspecified atom stereocenters. The highest BCUT2D eigenvalue weighted by Crippen LogP contribution is 2.28. The van der Waals surface area contributed by atoms with Crippen LogP contribution < -0.4 is 0 Å². The van der Waals surface area contributed by atoms with E-state index in [1.807, 2.05) is 0 Å². The van der Waals surface area contributed by atoms with Gasteiger partial charge in [-0.1, -0.05) is 0 Å². The van der Waals surface area contributed by atoms with Crippen LogP contribution in [-0.2, 0) is 14.2 Å². The highest BCUT2D eigenvalue weighted by Gasteiger charge is 2.50. The van der Waals surface area contributed by atoms with Crippen molar-refractivity contribution in [3.8, 4) is 0 Å². The molecule has 0 aromatic rings. The Hall–Kier alpha value is -0.440. The van der Waals surface area contributed by atoms with Crippen molar-refractivity contribution in [2.45, 2.75) is 61.4 Å². The monoisotopic (exact) mass is 342 g/mol. The van der Waals surface area contributed by atoms with Gasteiger partial charge in [0.1, 0.15) is 48.8 Å². The average Bonchev–Trinajstić information content (AvgIpc) is 2.55. The number of aliphatic hydroxyl groups is 8. The smallest absolute Gasteiger partial charge is 0.187 e. The Morgan fingerprint density at radius 2 is 1.26 bits per heavy atom. The average molecular weight is 342 g/mol. The van der Waals surface area contributed by atoms with Gasteiger partial charge >= 0.3 is 0 Å². The minimum Gasteiger partial charge on any atom is -0.394 e. The molecule has 23 heavy (non-hydrogen) atoms. The van der Waals surface area contributed by atoms with Crippen LogP contribution in [0.15, 0.2) is 0 Å². The van der Waals surface area contributed by atoms with Gasteiger partial charge < -0.3 is 55.1 Å². The van der Waals surface area contributed by atoms with Crippen LogP contribution in [0.1, 0.15) is 0 Å². The molecule has 2 aliphatic heterocycles. The van der Waals surface area contributed by atoms with E-state index in [1.165, 1.54) is 0 Å². The molecule has 0 amide bonds. The maximum atomic E-state index is 9.94. The lowest BCUT2D eigenvalue weighted by Crippen LogP contribution is -2.64. The molecule has 0 aromatic carbocycles. The third-order valence-corrected chi connectivity index (χ3v) is 3.98. The van der Waals surface area contributed by atoms with Gasteiger partial charge in [-0.15, -0.1) is 0 Å². The molecular weight excluding hydrogens is 320 g/mol. The fraction of sp³-hybridized carbons (Fsp3) is 1.00. The highest BCUT2D eigenvalue weighted by atomic mass is 16.7. The Balaban J connectivity index is 2.11. The van der Waals surface area contributed by atoms with Crippen LogP contribution in [0.5, 0.6) is 0 Å². The van der Waals surface area contributed by atoms with Gasteiger partial charge in [0.15, 0.2) is 12.6 Å². The summed E-state index contributed by atoms with van der Waals surface area (Å²) in [4.78, 5) is 0. The Morgan fingerprint density at radius 3 is 1.83 bits per heavy atom. The van der Waals surface area contributed by atoms with E-state index in [2.05, 4.69) is 0 Å². The van der Waals surface area contributed by atoms with Crippen LogP contribution >= 0.6 is 0 Å². The summed E-state index contributed by atoms with van der Waals surface area (Å²) in [6.45, 7) is -1.35. The van der Waals surface area contributed by atoms with E-state index < -0.39 is 74.6 Å². The lowest BCUT2D eigenvalue weighted by Gasteiger charge is -2.45. The molecule has 2 saturated heterocycles. The zero-order chi connectivity index (χ0) is 17.3. The first-order valence-corrected chi connectivity index (χ1v) is 7.08.